The third-order valence-electron chi connectivity index (χ3n) is 0.908. The topological polar surface area (TPSA) is 0 Å². The third-order valence-corrected chi connectivity index (χ3v) is 0.908. The second-order valence-electron chi connectivity index (χ2n) is 1.40. The van der Waals surface area contributed by atoms with E-state index in [9.17, 15) is 0 Å². The first kappa shape index (κ1) is 6.43. The van der Waals surface area contributed by atoms with E-state index < -0.39 is 0 Å². The summed E-state index contributed by atoms with van der Waals surface area (Å²) in [6, 6.07) is 0. The van der Waals surface area contributed by atoms with Crippen LogP contribution in [0.3, 0.4) is 0 Å². The Kier molecular flexibility index (Phi) is 3.87. The van der Waals surface area contributed by atoms with Crippen molar-refractivity contribution in [1.29, 1.82) is 0 Å². The minimum Gasteiger partial charge on any atom is -0.0885 e. The quantitative estimate of drug-likeness (QED) is 0.584. The summed E-state index contributed by atoms with van der Waals surface area (Å²) >= 11 is 0. The average molecular weight is 263 g/mol. The van der Waals surface area contributed by atoms with Crippen molar-refractivity contribution in [1.82, 2.24) is 0 Å². The van der Waals surface area contributed by atoms with E-state index in [2.05, 4.69) is 12.2 Å². The van der Waals surface area contributed by atoms with E-state index in [4.69, 9.17) is 0 Å². The molecule has 0 atom stereocenters. The molecule has 0 spiro atoms. The van der Waals surface area contributed by atoms with Gasteiger partial charge < -0.3 is 0 Å². The molecule has 1 heteroatoms. The van der Waals surface area contributed by atoms with Crippen LogP contribution in [0.1, 0.15) is 19.3 Å². The molecule has 0 N–H and O–H groups in total. The fraction of sp³-hybridized carbons (Fsp3) is 0.600. The Bertz CT molecular complexity index is 41.9. The molecule has 6 heavy (non-hydrogen) atoms. The largest absolute Gasteiger partial charge is 0.0885 e. The molecule has 0 heterocycles. The van der Waals surface area contributed by atoms with Gasteiger partial charge in [-0.25, -0.2) is 0 Å². The molecule has 0 saturated heterocycles. The summed E-state index contributed by atoms with van der Waals surface area (Å²) in [5.41, 5.74) is 0. The molecule has 0 aromatic heterocycles. The van der Waals surface area contributed by atoms with Gasteiger partial charge in [0.25, 0.3) is 0 Å². The minimum atomic E-state index is 0. The van der Waals surface area contributed by atoms with Gasteiger partial charge in [0.1, 0.15) is 0 Å². The summed E-state index contributed by atoms with van der Waals surface area (Å²) in [6.07, 6.45) is 8.50. The van der Waals surface area contributed by atoms with Crippen LogP contribution in [0, 0.1) is 0 Å². The first-order valence-corrected chi connectivity index (χ1v) is 2.15. The van der Waals surface area contributed by atoms with Gasteiger partial charge in [-0.2, -0.15) is 0 Å². The van der Waals surface area contributed by atoms with Crippen LogP contribution in [0.25, 0.3) is 0 Å². The van der Waals surface area contributed by atoms with Gasteiger partial charge in [0.2, 0.25) is 0 Å². The molecule has 0 unspecified atom stereocenters. The van der Waals surface area contributed by atoms with E-state index >= 15 is 0 Å². The Balaban J connectivity index is 0.000000250. The molecule has 1 rings (SSSR count). The molecule has 0 aromatic carbocycles. The zero-order valence-electron chi connectivity index (χ0n) is 3.59. The van der Waals surface area contributed by atoms with E-state index in [1.165, 1.54) is 19.3 Å². The van der Waals surface area contributed by atoms with Crippen LogP contribution in [0.5, 0.6) is 0 Å². The standard InChI is InChI=1S/C5H8.Pt/c1-2-4-5-3-1;/h1-2H,3-5H2;. The maximum atomic E-state index is 2.24. The molecule has 0 aromatic rings. The van der Waals surface area contributed by atoms with Crippen molar-refractivity contribution in [3.8, 4) is 0 Å². The number of allylic oxidation sites excluding steroid dienone is 2. The van der Waals surface area contributed by atoms with Crippen molar-refractivity contribution in [2.24, 2.45) is 0 Å². The first-order valence-electron chi connectivity index (χ1n) is 2.15. The summed E-state index contributed by atoms with van der Waals surface area (Å²) in [6.45, 7) is 0. The predicted octanol–water partition coefficient (Wildman–Crippen LogP) is 1.72. The van der Waals surface area contributed by atoms with Gasteiger partial charge in [0.15, 0.2) is 0 Å². The van der Waals surface area contributed by atoms with E-state index in [0.717, 1.165) is 0 Å². The SMILES string of the molecule is C1=CCCC1.[Pt]. The number of hydrogen-bond donors (Lipinski definition) is 0. The normalized spacial score (nSPS) is 17.3. The van der Waals surface area contributed by atoms with Crippen LogP contribution in [0.15, 0.2) is 12.2 Å². The van der Waals surface area contributed by atoms with Gasteiger partial charge >= 0.3 is 0 Å². The first-order chi connectivity index (χ1) is 2.50. The van der Waals surface area contributed by atoms with Crippen molar-refractivity contribution >= 4 is 0 Å². The van der Waals surface area contributed by atoms with Gasteiger partial charge in [-0.05, 0) is 19.3 Å². The Morgan fingerprint density at radius 2 is 1.50 bits per heavy atom. The monoisotopic (exact) mass is 263 g/mol. The number of rotatable bonds is 0. The summed E-state index contributed by atoms with van der Waals surface area (Å²) in [4.78, 5) is 0. The molecule has 0 radical (unpaired) electrons. The molecule has 1 aliphatic rings. The van der Waals surface area contributed by atoms with Crippen molar-refractivity contribution in [3.05, 3.63) is 12.2 Å². The van der Waals surface area contributed by atoms with Gasteiger partial charge in [0.05, 0.1) is 0 Å². The smallest absolute Gasteiger partial charge is 0 e. The molecule has 0 aliphatic heterocycles. The Labute approximate surface area is 52.9 Å². The van der Waals surface area contributed by atoms with Crippen LogP contribution in [0.2, 0.25) is 0 Å². The molecule has 0 bridgehead atoms. The van der Waals surface area contributed by atoms with E-state index in [1.54, 1.807) is 0 Å². The van der Waals surface area contributed by atoms with Crippen molar-refractivity contribution in [3.63, 3.8) is 0 Å². The second-order valence-corrected chi connectivity index (χ2v) is 1.40. The second kappa shape index (κ2) is 3.61. The fourth-order valence-electron chi connectivity index (χ4n) is 0.589. The molecule has 0 amide bonds. The third kappa shape index (κ3) is 1.77. The predicted molar refractivity (Wildman–Crippen MR) is 23.0 cm³/mol. The van der Waals surface area contributed by atoms with Crippen LogP contribution in [0.4, 0.5) is 0 Å². The Morgan fingerprint density at radius 3 is 1.67 bits per heavy atom. The molecular weight excluding hydrogens is 255 g/mol. The maximum Gasteiger partial charge on any atom is 0 e. The van der Waals surface area contributed by atoms with Crippen LogP contribution >= 0.6 is 0 Å². The molecule has 38 valence electrons. The maximum absolute atomic E-state index is 2.24. The zero-order chi connectivity index (χ0) is 3.54. The van der Waals surface area contributed by atoms with Crippen molar-refractivity contribution < 1.29 is 21.1 Å². The summed E-state index contributed by atoms with van der Waals surface area (Å²) in [5, 5.41) is 0. The summed E-state index contributed by atoms with van der Waals surface area (Å²) in [7, 11) is 0. The van der Waals surface area contributed by atoms with E-state index in [-0.39, 0.29) is 21.1 Å². The fourth-order valence-corrected chi connectivity index (χ4v) is 0.589. The molecular formula is C5H8Pt. The Hall–Kier alpha value is 0.428. The van der Waals surface area contributed by atoms with Crippen LogP contribution in [-0.2, 0) is 21.1 Å². The van der Waals surface area contributed by atoms with Gasteiger partial charge in [0, 0.05) is 21.1 Å². The average Bonchev–Trinajstić information content (AvgIpc) is 1.76. The number of hydrogen-bond acceptors (Lipinski definition) is 0. The minimum absolute atomic E-state index is 0. The van der Waals surface area contributed by atoms with E-state index in [1.807, 2.05) is 0 Å². The summed E-state index contributed by atoms with van der Waals surface area (Å²) in [5.74, 6) is 0. The van der Waals surface area contributed by atoms with Crippen molar-refractivity contribution in [2.45, 2.75) is 19.3 Å². The molecule has 0 fully saturated rings. The molecule has 1 aliphatic carbocycles. The molecule has 0 saturated carbocycles. The zero-order valence-corrected chi connectivity index (χ0v) is 5.86. The van der Waals surface area contributed by atoms with Crippen LogP contribution < -0.4 is 0 Å². The van der Waals surface area contributed by atoms with Gasteiger partial charge in [-0.1, -0.05) is 12.2 Å². The Morgan fingerprint density at radius 1 is 1.00 bits per heavy atom. The summed E-state index contributed by atoms with van der Waals surface area (Å²) < 4.78 is 0. The van der Waals surface area contributed by atoms with E-state index in [0.29, 0.717) is 0 Å². The molecule has 0 nitrogen and oxygen atoms in total. The van der Waals surface area contributed by atoms with Gasteiger partial charge in [-0.3, -0.25) is 0 Å². The van der Waals surface area contributed by atoms with Crippen molar-refractivity contribution in [2.75, 3.05) is 0 Å². The van der Waals surface area contributed by atoms with Gasteiger partial charge in [-0.15, -0.1) is 0 Å². The van der Waals surface area contributed by atoms with Crippen LogP contribution in [-0.4, -0.2) is 0 Å².